The molecule has 0 aromatic heterocycles. The Hall–Kier alpha value is -2.45. The van der Waals surface area contributed by atoms with Gasteiger partial charge in [0.1, 0.15) is 23.0 Å². The number of hydrogen-bond donors (Lipinski definition) is 1. The van der Waals surface area contributed by atoms with Crippen molar-refractivity contribution >= 4 is 38.9 Å². The Morgan fingerprint density at radius 1 is 1.03 bits per heavy atom. The zero-order valence-corrected chi connectivity index (χ0v) is 21.8. The summed E-state index contributed by atoms with van der Waals surface area (Å²) in [5, 5.41) is 10.3. The molecule has 4 rings (SSSR count). The molecule has 1 heterocycles. The Balaban J connectivity index is 1.63. The molecule has 1 aliphatic heterocycles. The second kappa shape index (κ2) is 11.1. The lowest BCUT2D eigenvalue weighted by Crippen LogP contribution is -2.31. The third-order valence-electron chi connectivity index (χ3n) is 5.98. The minimum absolute atomic E-state index is 0.00426. The molecule has 1 N–H and O–H groups in total. The van der Waals surface area contributed by atoms with Crippen molar-refractivity contribution in [1.82, 2.24) is 4.90 Å². The van der Waals surface area contributed by atoms with E-state index in [2.05, 4.69) is 4.90 Å². The number of aromatic hydroxyl groups is 1. The lowest BCUT2D eigenvalue weighted by Gasteiger charge is -2.26. The Kier molecular flexibility index (Phi) is 8.12. The maximum absolute atomic E-state index is 13.9. The van der Waals surface area contributed by atoms with Gasteiger partial charge in [-0.1, -0.05) is 35.3 Å². The predicted molar refractivity (Wildman–Crippen MR) is 140 cm³/mol. The summed E-state index contributed by atoms with van der Waals surface area (Å²) in [5.74, 6) is 0.727. The number of halogens is 2. The van der Waals surface area contributed by atoms with Crippen molar-refractivity contribution in [2.75, 3.05) is 30.5 Å². The molecule has 0 bridgehead atoms. The SMILES string of the molecule is Cc1cc(Cl)cc(Cl)c1S(=O)(=O)N(Cc1cccc(O)c1)c1ccc(OCCN2CCCC2)cc1. The number of likely N-dealkylation sites (tertiary alicyclic amines) is 1. The third kappa shape index (κ3) is 6.22. The molecule has 0 atom stereocenters. The molecular weight excluding hydrogens is 507 g/mol. The van der Waals surface area contributed by atoms with Crippen LogP contribution in [-0.2, 0) is 16.6 Å². The van der Waals surface area contributed by atoms with E-state index in [0.29, 0.717) is 34.2 Å². The summed E-state index contributed by atoms with van der Waals surface area (Å²) in [6.07, 6.45) is 2.46. The number of phenols is 1. The summed E-state index contributed by atoms with van der Waals surface area (Å²) < 4.78 is 34.9. The number of benzene rings is 3. The quantitative estimate of drug-likeness (QED) is 0.371. The molecule has 0 radical (unpaired) electrons. The van der Waals surface area contributed by atoms with Gasteiger partial charge in [-0.2, -0.15) is 0 Å². The molecule has 3 aromatic carbocycles. The monoisotopic (exact) mass is 534 g/mol. The van der Waals surface area contributed by atoms with Crippen LogP contribution in [0.1, 0.15) is 24.0 Å². The molecule has 0 amide bonds. The second-order valence-electron chi connectivity index (χ2n) is 8.61. The summed E-state index contributed by atoms with van der Waals surface area (Å²) >= 11 is 12.4. The van der Waals surface area contributed by atoms with Gasteiger partial charge in [0, 0.05) is 11.6 Å². The van der Waals surface area contributed by atoms with Crippen molar-refractivity contribution < 1.29 is 18.3 Å². The first-order valence-corrected chi connectivity index (χ1v) is 13.6. The molecular formula is C26H28Cl2N2O4S. The summed E-state index contributed by atoms with van der Waals surface area (Å²) in [7, 11) is -4.07. The van der Waals surface area contributed by atoms with E-state index in [-0.39, 0.29) is 22.2 Å². The van der Waals surface area contributed by atoms with Gasteiger partial charge in [0.05, 0.1) is 17.3 Å². The van der Waals surface area contributed by atoms with E-state index in [9.17, 15) is 13.5 Å². The summed E-state index contributed by atoms with van der Waals surface area (Å²) in [4.78, 5) is 2.37. The van der Waals surface area contributed by atoms with Gasteiger partial charge in [-0.25, -0.2) is 8.42 Å². The highest BCUT2D eigenvalue weighted by molar-refractivity contribution is 7.93. The van der Waals surface area contributed by atoms with Crippen LogP contribution in [0.15, 0.2) is 65.6 Å². The standard InChI is InChI=1S/C26H28Cl2N2O4S/c1-19-15-21(27)17-25(28)26(19)35(32,33)30(18-20-5-4-6-23(31)16-20)22-7-9-24(10-8-22)34-14-13-29-11-2-3-12-29/h4-10,15-17,31H,2-3,11-14,18H2,1H3. The number of rotatable bonds is 9. The maximum atomic E-state index is 13.9. The minimum Gasteiger partial charge on any atom is -0.508 e. The van der Waals surface area contributed by atoms with Gasteiger partial charge < -0.3 is 9.84 Å². The van der Waals surface area contributed by atoms with Crippen LogP contribution in [0.25, 0.3) is 0 Å². The Morgan fingerprint density at radius 3 is 2.40 bits per heavy atom. The lowest BCUT2D eigenvalue weighted by atomic mass is 10.2. The van der Waals surface area contributed by atoms with Gasteiger partial charge in [-0.3, -0.25) is 9.21 Å². The molecule has 0 saturated carbocycles. The Morgan fingerprint density at radius 2 is 1.74 bits per heavy atom. The van der Waals surface area contributed by atoms with Crippen molar-refractivity contribution in [3.63, 3.8) is 0 Å². The van der Waals surface area contributed by atoms with E-state index >= 15 is 0 Å². The van der Waals surface area contributed by atoms with Crippen LogP contribution in [0.5, 0.6) is 11.5 Å². The number of nitrogens with zero attached hydrogens (tertiary/aromatic N) is 2. The number of anilines is 1. The molecule has 1 saturated heterocycles. The van der Waals surface area contributed by atoms with E-state index in [4.69, 9.17) is 27.9 Å². The number of sulfonamides is 1. The van der Waals surface area contributed by atoms with Crippen molar-refractivity contribution in [3.8, 4) is 11.5 Å². The number of hydrogen-bond acceptors (Lipinski definition) is 5. The van der Waals surface area contributed by atoms with E-state index in [1.807, 2.05) is 0 Å². The van der Waals surface area contributed by atoms with Gasteiger partial charge in [-0.05, 0) is 92.5 Å². The predicted octanol–water partition coefficient (Wildman–Crippen LogP) is 5.88. The van der Waals surface area contributed by atoms with Crippen LogP contribution >= 0.6 is 23.2 Å². The molecule has 9 heteroatoms. The lowest BCUT2D eigenvalue weighted by molar-refractivity contribution is 0.238. The zero-order chi connectivity index (χ0) is 25.0. The molecule has 1 aliphatic rings. The average molecular weight is 535 g/mol. The molecule has 1 fully saturated rings. The molecule has 3 aromatic rings. The van der Waals surface area contributed by atoms with Crippen LogP contribution in [0.4, 0.5) is 5.69 Å². The van der Waals surface area contributed by atoms with Gasteiger partial charge in [0.15, 0.2) is 0 Å². The van der Waals surface area contributed by atoms with Crippen LogP contribution in [-0.4, -0.2) is 44.7 Å². The molecule has 6 nitrogen and oxygen atoms in total. The highest BCUT2D eigenvalue weighted by atomic mass is 35.5. The third-order valence-corrected chi connectivity index (χ3v) is 8.58. The Bertz CT molecular complexity index is 1250. The van der Waals surface area contributed by atoms with E-state index in [0.717, 1.165) is 19.6 Å². The largest absolute Gasteiger partial charge is 0.508 e. The van der Waals surface area contributed by atoms with Gasteiger partial charge in [-0.15, -0.1) is 0 Å². The highest BCUT2D eigenvalue weighted by Gasteiger charge is 2.30. The van der Waals surface area contributed by atoms with Crippen LogP contribution in [0.3, 0.4) is 0 Å². The average Bonchev–Trinajstić information content (AvgIpc) is 3.31. The summed E-state index contributed by atoms with van der Waals surface area (Å²) in [6, 6.07) is 16.5. The van der Waals surface area contributed by atoms with E-state index in [1.165, 1.54) is 35.3 Å². The first-order chi connectivity index (χ1) is 16.7. The van der Waals surface area contributed by atoms with E-state index in [1.54, 1.807) is 49.4 Å². The maximum Gasteiger partial charge on any atom is 0.266 e. The molecule has 0 spiro atoms. The van der Waals surface area contributed by atoms with Crippen molar-refractivity contribution in [3.05, 3.63) is 81.8 Å². The van der Waals surface area contributed by atoms with Crippen molar-refractivity contribution in [2.45, 2.75) is 31.2 Å². The smallest absolute Gasteiger partial charge is 0.266 e. The summed E-state index contributed by atoms with van der Waals surface area (Å²) in [6.45, 7) is 5.32. The highest BCUT2D eigenvalue weighted by Crippen LogP contribution is 2.35. The number of phenolic OH excluding ortho intramolecular Hbond substituents is 1. The van der Waals surface area contributed by atoms with Gasteiger partial charge in [0.2, 0.25) is 0 Å². The minimum atomic E-state index is -4.07. The normalized spacial score (nSPS) is 14.3. The molecule has 0 unspecified atom stereocenters. The molecule has 186 valence electrons. The van der Waals surface area contributed by atoms with Crippen LogP contribution in [0, 0.1) is 6.92 Å². The molecule has 0 aliphatic carbocycles. The first kappa shape index (κ1) is 25.6. The fraction of sp³-hybridized carbons (Fsp3) is 0.308. The molecule has 35 heavy (non-hydrogen) atoms. The van der Waals surface area contributed by atoms with Crippen molar-refractivity contribution in [1.29, 1.82) is 0 Å². The van der Waals surface area contributed by atoms with Crippen LogP contribution in [0.2, 0.25) is 10.0 Å². The fourth-order valence-corrected chi connectivity index (χ4v) is 6.87. The van der Waals surface area contributed by atoms with Crippen molar-refractivity contribution in [2.24, 2.45) is 0 Å². The topological polar surface area (TPSA) is 70.1 Å². The van der Waals surface area contributed by atoms with E-state index < -0.39 is 10.0 Å². The zero-order valence-electron chi connectivity index (χ0n) is 19.5. The number of aryl methyl sites for hydroxylation is 1. The Labute approximate surface area is 216 Å². The second-order valence-corrected chi connectivity index (χ2v) is 11.2. The van der Waals surface area contributed by atoms with Crippen LogP contribution < -0.4 is 9.04 Å². The summed E-state index contributed by atoms with van der Waals surface area (Å²) in [5.41, 5.74) is 1.53. The fourth-order valence-electron chi connectivity index (χ4n) is 4.27. The van der Waals surface area contributed by atoms with Gasteiger partial charge in [0.25, 0.3) is 10.0 Å². The number of ether oxygens (including phenoxy) is 1. The first-order valence-electron chi connectivity index (χ1n) is 11.5. The van der Waals surface area contributed by atoms with Gasteiger partial charge >= 0.3 is 0 Å².